The second kappa shape index (κ2) is 12.3. The van der Waals surface area contributed by atoms with Crippen molar-refractivity contribution >= 4 is 0 Å². The van der Waals surface area contributed by atoms with Gasteiger partial charge in [-0.1, -0.05) is 47.5 Å². The molecule has 0 aliphatic heterocycles. The molecule has 0 atom stereocenters. The Kier molecular flexibility index (Phi) is 11.2. The van der Waals surface area contributed by atoms with Crippen LogP contribution in [0.5, 0.6) is 0 Å². The van der Waals surface area contributed by atoms with Crippen molar-refractivity contribution in [1.82, 2.24) is 0 Å². The summed E-state index contributed by atoms with van der Waals surface area (Å²) in [5, 5.41) is 0. The first-order valence-corrected chi connectivity index (χ1v) is 7.48. The van der Waals surface area contributed by atoms with E-state index in [0.717, 1.165) is 0 Å². The van der Waals surface area contributed by atoms with Gasteiger partial charge >= 0.3 is 26.2 Å². The van der Waals surface area contributed by atoms with Gasteiger partial charge in [0.15, 0.2) is 0 Å². The van der Waals surface area contributed by atoms with E-state index in [4.69, 9.17) is 0 Å². The quantitative estimate of drug-likeness (QED) is 0.412. The fraction of sp³-hybridized carbons (Fsp3) is 0. The standard InChI is InChI=1S/2C11H9.2FH.Zr/c2*1-2-6-10(7-3-1)11-8-4-5-9-11;;;/h2*1-9H;2*1H;/q2*-1;;;+4/p-2. The first-order valence-electron chi connectivity index (χ1n) is 7.48. The third-order valence-electron chi connectivity index (χ3n) is 3.54. The van der Waals surface area contributed by atoms with E-state index in [0.29, 0.717) is 0 Å². The van der Waals surface area contributed by atoms with Gasteiger partial charge in [0, 0.05) is 0 Å². The molecule has 0 aliphatic carbocycles. The van der Waals surface area contributed by atoms with Gasteiger partial charge in [-0.2, -0.15) is 24.3 Å². The molecule has 25 heavy (non-hydrogen) atoms. The van der Waals surface area contributed by atoms with Crippen LogP contribution in [-0.2, 0) is 26.2 Å². The van der Waals surface area contributed by atoms with Crippen molar-refractivity contribution in [2.75, 3.05) is 0 Å². The number of halogens is 2. The maximum absolute atomic E-state index is 2.12. The molecule has 0 unspecified atom stereocenters. The third-order valence-corrected chi connectivity index (χ3v) is 3.54. The SMILES string of the molecule is [F-].[F-].[Zr+4].c1ccc(-[c-]2cccc2)cc1.c1ccc(-[c-]2cccc2)cc1. The van der Waals surface area contributed by atoms with E-state index in [9.17, 15) is 0 Å². The molecule has 0 heterocycles. The average Bonchev–Trinajstić information content (AvgIpc) is 3.31. The molecule has 0 saturated carbocycles. The zero-order chi connectivity index (χ0) is 15.0. The fourth-order valence-corrected chi connectivity index (χ4v) is 2.39. The van der Waals surface area contributed by atoms with Crippen LogP contribution < -0.4 is 9.41 Å². The van der Waals surface area contributed by atoms with Crippen LogP contribution >= 0.6 is 0 Å². The number of benzene rings is 2. The predicted octanol–water partition coefficient (Wildman–Crippen LogP) is 0.151. The molecule has 0 N–H and O–H groups in total. The number of rotatable bonds is 2. The Labute approximate surface area is 166 Å². The minimum absolute atomic E-state index is 0. The molecule has 4 aromatic rings. The smallest absolute Gasteiger partial charge is 1.00 e. The third kappa shape index (κ3) is 6.72. The van der Waals surface area contributed by atoms with Gasteiger partial charge in [0.2, 0.25) is 0 Å². The van der Waals surface area contributed by atoms with E-state index in [-0.39, 0.29) is 35.6 Å². The van der Waals surface area contributed by atoms with Gasteiger partial charge in [-0.05, 0) is 0 Å². The van der Waals surface area contributed by atoms with Gasteiger partial charge in [0.25, 0.3) is 0 Å². The predicted molar refractivity (Wildman–Crippen MR) is 94.9 cm³/mol. The molecule has 0 saturated heterocycles. The summed E-state index contributed by atoms with van der Waals surface area (Å²) < 4.78 is 0. The normalized spacial score (nSPS) is 8.64. The summed E-state index contributed by atoms with van der Waals surface area (Å²) in [6.07, 6.45) is 0. The summed E-state index contributed by atoms with van der Waals surface area (Å²) in [5.41, 5.74) is 5.17. The van der Waals surface area contributed by atoms with Crippen LogP contribution in [-0.4, -0.2) is 0 Å². The molecule has 4 rings (SSSR count). The molecule has 3 heteroatoms. The van der Waals surface area contributed by atoms with Crippen molar-refractivity contribution in [2.45, 2.75) is 0 Å². The van der Waals surface area contributed by atoms with Crippen LogP contribution in [0.1, 0.15) is 0 Å². The molecular weight excluding hydrogens is 393 g/mol. The van der Waals surface area contributed by atoms with Gasteiger partial charge in [0.05, 0.1) is 0 Å². The summed E-state index contributed by atoms with van der Waals surface area (Å²) in [6.45, 7) is 0. The van der Waals surface area contributed by atoms with Crippen molar-refractivity contribution in [3.8, 4) is 22.3 Å². The number of hydrogen-bond donors (Lipinski definition) is 0. The van der Waals surface area contributed by atoms with Gasteiger partial charge in [0.1, 0.15) is 0 Å². The van der Waals surface area contributed by atoms with Crippen LogP contribution in [0, 0.1) is 0 Å². The second-order valence-corrected chi connectivity index (χ2v) is 5.08. The molecule has 0 spiro atoms. The van der Waals surface area contributed by atoms with E-state index < -0.39 is 0 Å². The zero-order valence-corrected chi connectivity index (χ0v) is 16.1. The van der Waals surface area contributed by atoms with Gasteiger partial charge in [-0.3, -0.25) is 0 Å². The largest absolute Gasteiger partial charge is 4.00 e. The van der Waals surface area contributed by atoms with Gasteiger partial charge in [-0.15, -0.1) is 59.7 Å². The van der Waals surface area contributed by atoms with Crippen molar-refractivity contribution in [3.05, 3.63) is 109 Å². The summed E-state index contributed by atoms with van der Waals surface area (Å²) in [5.74, 6) is 0. The van der Waals surface area contributed by atoms with Crippen molar-refractivity contribution < 1.29 is 35.6 Å². The van der Waals surface area contributed by atoms with Crippen LogP contribution in [0.15, 0.2) is 109 Å². The molecule has 0 aromatic heterocycles. The Morgan fingerprint density at radius 3 is 0.960 bits per heavy atom. The average molecular weight is 412 g/mol. The zero-order valence-electron chi connectivity index (χ0n) is 13.6. The van der Waals surface area contributed by atoms with E-state index in [1.807, 2.05) is 12.1 Å². The van der Waals surface area contributed by atoms with E-state index in [2.05, 4.69) is 97.1 Å². The van der Waals surface area contributed by atoms with Gasteiger partial charge in [-0.25, -0.2) is 0 Å². The Bertz CT molecular complexity index is 692. The molecule has 0 bridgehead atoms. The van der Waals surface area contributed by atoms with E-state index in [1.165, 1.54) is 22.3 Å². The van der Waals surface area contributed by atoms with Crippen molar-refractivity contribution in [1.29, 1.82) is 0 Å². The molecule has 0 radical (unpaired) electrons. The van der Waals surface area contributed by atoms with Crippen LogP contribution in [0.2, 0.25) is 0 Å². The van der Waals surface area contributed by atoms with Crippen LogP contribution in [0.4, 0.5) is 0 Å². The summed E-state index contributed by atoms with van der Waals surface area (Å²) in [6, 6.07) is 37.5. The molecule has 124 valence electrons. The Balaban J connectivity index is 0.000000411. The van der Waals surface area contributed by atoms with Gasteiger partial charge < -0.3 is 9.41 Å². The minimum Gasteiger partial charge on any atom is -1.00 e. The van der Waals surface area contributed by atoms with E-state index in [1.54, 1.807) is 0 Å². The fourth-order valence-electron chi connectivity index (χ4n) is 2.39. The minimum atomic E-state index is 0. The summed E-state index contributed by atoms with van der Waals surface area (Å²) >= 11 is 0. The Morgan fingerprint density at radius 2 is 0.680 bits per heavy atom. The van der Waals surface area contributed by atoms with E-state index >= 15 is 0 Å². The first kappa shape index (κ1) is 22.9. The summed E-state index contributed by atoms with van der Waals surface area (Å²) in [7, 11) is 0. The summed E-state index contributed by atoms with van der Waals surface area (Å²) in [4.78, 5) is 0. The molecular formula is C22H18F2Zr. The second-order valence-electron chi connectivity index (χ2n) is 5.08. The first-order chi connectivity index (χ1) is 10.9. The molecule has 0 amide bonds. The number of hydrogen-bond acceptors (Lipinski definition) is 0. The van der Waals surface area contributed by atoms with Crippen LogP contribution in [0.25, 0.3) is 22.3 Å². The van der Waals surface area contributed by atoms with Crippen molar-refractivity contribution in [2.24, 2.45) is 0 Å². The Hall–Kier alpha value is -2.12. The maximum atomic E-state index is 2.12. The van der Waals surface area contributed by atoms with Crippen molar-refractivity contribution in [3.63, 3.8) is 0 Å². The molecule has 0 aliphatic rings. The monoisotopic (exact) mass is 410 g/mol. The maximum Gasteiger partial charge on any atom is 4.00 e. The topological polar surface area (TPSA) is 0 Å². The van der Waals surface area contributed by atoms with Crippen LogP contribution in [0.3, 0.4) is 0 Å². The molecule has 4 aromatic carbocycles. The molecule has 0 nitrogen and oxygen atoms in total. The Morgan fingerprint density at radius 1 is 0.400 bits per heavy atom. The molecule has 0 fully saturated rings.